The molecule has 5 aliphatic rings. The number of rotatable bonds is 8. The molecule has 52 heavy (non-hydrogen) atoms. The molecule has 1 amide bonds. The number of aromatic amines is 1. The zero-order valence-corrected chi connectivity index (χ0v) is 28.5. The van der Waals surface area contributed by atoms with Crippen LogP contribution in [0.3, 0.4) is 0 Å². The predicted octanol–water partition coefficient (Wildman–Crippen LogP) is 7.09. The summed E-state index contributed by atoms with van der Waals surface area (Å²) in [4.78, 5) is 39.3. The van der Waals surface area contributed by atoms with E-state index in [1.165, 1.54) is 30.6 Å². The Morgan fingerprint density at radius 3 is 2.65 bits per heavy atom. The number of thiophene rings is 1. The number of carbonyl (C=O) groups excluding carboxylic acids is 1. The summed E-state index contributed by atoms with van der Waals surface area (Å²) >= 11 is 1.40. The van der Waals surface area contributed by atoms with E-state index in [9.17, 15) is 18.4 Å². The van der Waals surface area contributed by atoms with Crippen molar-refractivity contribution in [3.05, 3.63) is 110 Å². The van der Waals surface area contributed by atoms with Gasteiger partial charge < -0.3 is 19.4 Å². The molecule has 1 saturated carbocycles. The van der Waals surface area contributed by atoms with Gasteiger partial charge >= 0.3 is 5.76 Å². The number of aryl methyl sites for hydroxylation is 2. The number of pyridine rings is 2. The Bertz CT molecular complexity index is 2540. The number of carbonyl (C=O) groups is 1. The Morgan fingerprint density at radius 2 is 1.88 bits per heavy atom. The molecular formula is C38H29F3N6O4S. The Kier molecular flexibility index (Phi) is 6.76. The molecule has 0 radical (unpaired) electrons. The van der Waals surface area contributed by atoms with Crippen LogP contribution in [0.15, 0.2) is 57.9 Å². The average Bonchev–Trinajstić information content (AvgIpc) is 3.96. The van der Waals surface area contributed by atoms with Crippen molar-refractivity contribution >= 4 is 33.1 Å². The van der Waals surface area contributed by atoms with Crippen molar-refractivity contribution in [2.45, 2.75) is 50.1 Å². The van der Waals surface area contributed by atoms with E-state index in [0.29, 0.717) is 77.5 Å². The highest BCUT2D eigenvalue weighted by Crippen LogP contribution is 2.63. The molecule has 6 aromatic rings. The molecule has 2 saturated heterocycles. The number of halogens is 3. The maximum atomic E-state index is 15.2. The molecule has 10 nitrogen and oxygen atoms in total. The second-order valence-corrected chi connectivity index (χ2v) is 15.0. The predicted molar refractivity (Wildman–Crippen MR) is 186 cm³/mol. The summed E-state index contributed by atoms with van der Waals surface area (Å²) in [7, 11) is 1.37. The van der Waals surface area contributed by atoms with Crippen molar-refractivity contribution in [2.75, 3.05) is 19.0 Å². The van der Waals surface area contributed by atoms with Gasteiger partial charge in [-0.1, -0.05) is 12.1 Å². The molecule has 1 spiro atoms. The molecule has 2 aromatic carbocycles. The third-order valence-electron chi connectivity index (χ3n) is 11.2. The van der Waals surface area contributed by atoms with E-state index >= 15 is 4.39 Å². The van der Waals surface area contributed by atoms with E-state index < -0.39 is 29.0 Å². The number of nitrogens with zero attached hydrogens (tertiary/aromatic N) is 4. The largest absolute Gasteiger partial charge is 0.493 e. The third-order valence-corrected chi connectivity index (χ3v) is 12.3. The number of methoxy groups -OCH3 is 1. The fourth-order valence-corrected chi connectivity index (χ4v) is 10.1. The van der Waals surface area contributed by atoms with Crippen LogP contribution in [0.2, 0.25) is 0 Å². The number of anilines is 1. The third kappa shape index (κ3) is 4.45. The summed E-state index contributed by atoms with van der Waals surface area (Å²) in [6.45, 7) is 0.658. The van der Waals surface area contributed by atoms with Crippen molar-refractivity contribution in [3.63, 3.8) is 0 Å². The number of amides is 1. The maximum absolute atomic E-state index is 15.2. The van der Waals surface area contributed by atoms with Crippen molar-refractivity contribution in [2.24, 2.45) is 5.92 Å². The monoisotopic (exact) mass is 722 g/mol. The van der Waals surface area contributed by atoms with Gasteiger partial charge in [0.15, 0.2) is 11.6 Å². The summed E-state index contributed by atoms with van der Waals surface area (Å²) in [6.07, 6.45) is 5.19. The number of nitrogens with one attached hydrogen (secondary N) is 2. The van der Waals surface area contributed by atoms with Crippen LogP contribution in [0.4, 0.5) is 19.0 Å². The minimum atomic E-state index is -0.745. The van der Waals surface area contributed by atoms with Crippen LogP contribution in [-0.4, -0.2) is 44.6 Å². The molecule has 2 aliphatic carbocycles. The number of aromatic nitrogens is 4. The number of hydrogen-bond acceptors (Lipinski definition) is 9. The molecular weight excluding hydrogens is 694 g/mol. The second-order valence-electron chi connectivity index (χ2n) is 14.0. The Labute approximate surface area is 297 Å². The van der Waals surface area contributed by atoms with Crippen LogP contribution in [0, 0.1) is 23.4 Å². The SMILES string of the molecule is COc1c(F)cc(F)c2c1CC[C@@H]2Nc1nccc2cc(-c3c4c(nc(CCc5ccc(F)cc5)c3-c3n[nH]c(=O)o3)C35CC(CN3C4=O)C5)sc12. The first-order valence-electron chi connectivity index (χ1n) is 17.1. The minimum absolute atomic E-state index is 0.0152. The second kappa shape index (κ2) is 11.2. The standard InChI is InChI=1S/C38H29F3N6O4S/c1-50-31-21-7-9-24(27(21)22(40)13-23(31)41)44-34-32-19(10-11-42-34)12-26(52-32)29-28(35-45-46-37(49)51-35)25(8-4-17-2-5-20(39)6-3-17)43-33-30(29)36(48)47-16-18-14-38(33,47)15-18/h2-3,5-6,10-13,18,24H,4,7-9,14-16H2,1H3,(H,42,44)(H,46,49)/t18?,24-,38?/m0/s1. The lowest BCUT2D eigenvalue weighted by Gasteiger charge is -2.37. The van der Waals surface area contributed by atoms with Crippen LogP contribution < -0.4 is 15.8 Å². The van der Waals surface area contributed by atoms with E-state index in [2.05, 4.69) is 20.5 Å². The van der Waals surface area contributed by atoms with E-state index in [4.69, 9.17) is 14.1 Å². The van der Waals surface area contributed by atoms with Crippen molar-refractivity contribution in [1.29, 1.82) is 0 Å². The molecule has 4 aromatic heterocycles. The lowest BCUT2D eigenvalue weighted by atomic mass is 9.71. The zero-order chi connectivity index (χ0) is 35.5. The fraction of sp³-hybridized carbons (Fsp3) is 0.289. The molecule has 11 rings (SSSR count). The Balaban J connectivity index is 1.14. The topological polar surface area (TPSA) is 126 Å². The van der Waals surface area contributed by atoms with Crippen molar-refractivity contribution < 1.29 is 27.1 Å². The van der Waals surface area contributed by atoms with E-state index in [0.717, 1.165) is 45.1 Å². The van der Waals surface area contributed by atoms with Crippen LogP contribution in [-0.2, 0) is 24.8 Å². The number of fused-ring (bicyclic) bond motifs is 3. The number of benzene rings is 2. The number of ether oxygens (including phenoxy) is 1. The normalized spacial score (nSPS) is 21.0. The highest BCUT2D eigenvalue weighted by Gasteiger charge is 2.65. The van der Waals surface area contributed by atoms with E-state index in [1.807, 2.05) is 17.0 Å². The molecule has 2 N–H and O–H groups in total. The molecule has 7 heterocycles. The highest BCUT2D eigenvalue weighted by molar-refractivity contribution is 7.23. The molecule has 1 atom stereocenters. The lowest BCUT2D eigenvalue weighted by Crippen LogP contribution is -2.40. The van der Waals surface area contributed by atoms with Crippen LogP contribution in [0.25, 0.3) is 32.0 Å². The highest BCUT2D eigenvalue weighted by atomic mass is 32.1. The first-order valence-corrected chi connectivity index (χ1v) is 17.9. The fourth-order valence-electron chi connectivity index (χ4n) is 8.94. The van der Waals surface area contributed by atoms with Crippen LogP contribution in [0.5, 0.6) is 5.75 Å². The van der Waals surface area contributed by atoms with Gasteiger partial charge in [-0.2, -0.15) is 0 Å². The molecule has 14 heteroatoms. The van der Waals surface area contributed by atoms with Crippen molar-refractivity contribution in [3.8, 4) is 27.6 Å². The smallest absolute Gasteiger partial charge is 0.434 e. The van der Waals surface area contributed by atoms with Gasteiger partial charge in [-0.05, 0) is 79.7 Å². The summed E-state index contributed by atoms with van der Waals surface area (Å²) in [6, 6.07) is 10.5. The van der Waals surface area contributed by atoms with Crippen molar-refractivity contribution in [1.82, 2.24) is 25.1 Å². The van der Waals surface area contributed by atoms with Gasteiger partial charge in [-0.3, -0.25) is 9.78 Å². The zero-order valence-electron chi connectivity index (χ0n) is 27.7. The Morgan fingerprint density at radius 1 is 1.06 bits per heavy atom. The van der Waals surface area contributed by atoms with Gasteiger partial charge in [0.2, 0.25) is 0 Å². The molecule has 3 aliphatic heterocycles. The molecule has 262 valence electrons. The van der Waals surface area contributed by atoms with Gasteiger partial charge in [0.05, 0.1) is 45.9 Å². The summed E-state index contributed by atoms with van der Waals surface area (Å²) in [5.41, 5.74) is 4.10. The molecule has 2 bridgehead atoms. The Hall–Kier alpha value is -5.50. The van der Waals surface area contributed by atoms with Gasteiger partial charge in [0.1, 0.15) is 17.5 Å². The van der Waals surface area contributed by atoms with Crippen LogP contribution >= 0.6 is 11.3 Å². The van der Waals surface area contributed by atoms with E-state index in [-0.39, 0.29) is 23.4 Å². The minimum Gasteiger partial charge on any atom is -0.493 e. The lowest BCUT2D eigenvalue weighted by molar-refractivity contribution is 0.0637. The molecule has 0 unspecified atom stereocenters. The summed E-state index contributed by atoms with van der Waals surface area (Å²) in [5, 5.41) is 10.8. The first kappa shape index (κ1) is 31.3. The summed E-state index contributed by atoms with van der Waals surface area (Å²) in [5.74, 6) is -1.57. The maximum Gasteiger partial charge on any atom is 0.434 e. The van der Waals surface area contributed by atoms with E-state index in [1.54, 1.807) is 18.3 Å². The first-order chi connectivity index (χ1) is 25.2. The van der Waals surface area contributed by atoms with Gasteiger partial charge in [-0.15, -0.1) is 16.4 Å². The number of H-pyrrole nitrogens is 1. The van der Waals surface area contributed by atoms with Gasteiger partial charge in [0.25, 0.3) is 11.8 Å². The van der Waals surface area contributed by atoms with Gasteiger partial charge in [0, 0.05) is 40.4 Å². The van der Waals surface area contributed by atoms with Crippen LogP contribution in [0.1, 0.15) is 63.7 Å². The average molecular weight is 723 g/mol. The molecule has 3 fully saturated rings. The number of hydrogen-bond donors (Lipinski definition) is 2. The van der Waals surface area contributed by atoms with Gasteiger partial charge in [-0.25, -0.2) is 28.0 Å². The summed E-state index contributed by atoms with van der Waals surface area (Å²) < 4.78 is 55.1. The quantitative estimate of drug-likeness (QED) is 0.171.